The largest absolute Gasteiger partial charge is 0.472 e. The SMILES string of the molecule is O=C(O)P(=O)(O)O.c1ccncc1.c1ccncc1.c1ccncc1. The second-order valence-electron chi connectivity index (χ2n) is 3.90. The summed E-state index contributed by atoms with van der Waals surface area (Å²) in [4.78, 5) is 35.8. The normalized spacial score (nSPS) is 8.88. The van der Waals surface area contributed by atoms with Crippen LogP contribution in [0.2, 0.25) is 0 Å². The Kier molecular flexibility index (Phi) is 12.9. The molecule has 0 saturated carbocycles. The van der Waals surface area contributed by atoms with Gasteiger partial charge in [-0.2, -0.15) is 0 Å². The van der Waals surface area contributed by atoms with E-state index in [2.05, 4.69) is 15.0 Å². The van der Waals surface area contributed by atoms with Crippen LogP contribution in [0, 0.1) is 0 Å². The van der Waals surface area contributed by atoms with Crippen LogP contribution < -0.4 is 0 Å². The van der Waals surface area contributed by atoms with Gasteiger partial charge in [0.15, 0.2) is 0 Å². The van der Waals surface area contributed by atoms with E-state index in [1.807, 2.05) is 54.6 Å². The van der Waals surface area contributed by atoms with Gasteiger partial charge in [-0.25, -0.2) is 9.36 Å². The summed E-state index contributed by atoms with van der Waals surface area (Å²) >= 11 is 0. The Hall–Kier alpha value is -2.93. The first-order chi connectivity index (χ1) is 11.9. The number of carboxylic acid groups (broad SMARTS) is 1. The summed E-state index contributed by atoms with van der Waals surface area (Å²) in [5.74, 6) is 0. The zero-order valence-corrected chi connectivity index (χ0v) is 14.0. The average Bonchev–Trinajstić information content (AvgIpc) is 2.67. The third kappa shape index (κ3) is 17.3. The third-order valence-electron chi connectivity index (χ3n) is 1.95. The van der Waals surface area contributed by atoms with Crippen LogP contribution in [0.25, 0.3) is 0 Å². The molecule has 9 heteroatoms. The molecule has 0 bridgehead atoms. The number of aromatic nitrogens is 3. The van der Waals surface area contributed by atoms with Crippen LogP contribution in [-0.4, -0.2) is 35.6 Å². The molecule has 0 aliphatic heterocycles. The van der Waals surface area contributed by atoms with E-state index in [1.165, 1.54) is 0 Å². The highest BCUT2D eigenvalue weighted by Gasteiger charge is 2.23. The molecule has 0 atom stereocenters. The van der Waals surface area contributed by atoms with Gasteiger partial charge < -0.3 is 14.9 Å². The van der Waals surface area contributed by atoms with E-state index in [9.17, 15) is 9.36 Å². The molecule has 0 amide bonds. The van der Waals surface area contributed by atoms with Crippen molar-refractivity contribution in [2.75, 3.05) is 0 Å². The van der Waals surface area contributed by atoms with Gasteiger partial charge in [-0.15, -0.1) is 0 Å². The molecule has 0 aliphatic rings. The van der Waals surface area contributed by atoms with E-state index in [4.69, 9.17) is 14.9 Å². The van der Waals surface area contributed by atoms with E-state index in [0.717, 1.165) is 0 Å². The van der Waals surface area contributed by atoms with Gasteiger partial charge in [0.1, 0.15) is 0 Å². The predicted octanol–water partition coefficient (Wildman–Crippen LogP) is 3.09. The Bertz CT molecular complexity index is 542. The monoisotopic (exact) mass is 363 g/mol. The third-order valence-corrected chi connectivity index (χ3v) is 2.45. The van der Waals surface area contributed by atoms with Crippen LogP contribution in [0.5, 0.6) is 0 Å². The number of rotatable bonds is 1. The lowest BCUT2D eigenvalue weighted by Crippen LogP contribution is -1.90. The van der Waals surface area contributed by atoms with Crippen molar-refractivity contribution in [3.8, 4) is 0 Å². The van der Waals surface area contributed by atoms with Gasteiger partial charge in [0.05, 0.1) is 0 Å². The minimum Gasteiger partial charge on any atom is -0.472 e. The lowest BCUT2D eigenvalue weighted by atomic mass is 10.5. The summed E-state index contributed by atoms with van der Waals surface area (Å²) in [6, 6.07) is 17.1. The Morgan fingerprint density at radius 1 is 0.600 bits per heavy atom. The van der Waals surface area contributed by atoms with Crippen molar-refractivity contribution in [2.45, 2.75) is 0 Å². The first-order valence-electron chi connectivity index (χ1n) is 6.78. The molecule has 0 saturated heterocycles. The van der Waals surface area contributed by atoms with E-state index in [-0.39, 0.29) is 0 Å². The standard InChI is InChI=1S/3C5H5N.CH3O5P/c3*1-2-4-6-5-3-1;2-1(3)7(4,5)6/h3*1-5H;(H,2,3)(H2,4,5,6). The van der Waals surface area contributed by atoms with Crippen molar-refractivity contribution < 1.29 is 24.3 Å². The second-order valence-corrected chi connectivity index (χ2v) is 5.37. The maximum atomic E-state index is 9.43. The topological polar surface area (TPSA) is 134 Å². The Morgan fingerprint density at radius 3 is 0.840 bits per heavy atom. The van der Waals surface area contributed by atoms with E-state index >= 15 is 0 Å². The molecule has 25 heavy (non-hydrogen) atoms. The lowest BCUT2D eigenvalue weighted by Gasteiger charge is -1.90. The van der Waals surface area contributed by atoms with Crippen molar-refractivity contribution in [1.29, 1.82) is 0 Å². The summed E-state index contributed by atoms with van der Waals surface area (Å²) in [6.45, 7) is 0. The molecule has 3 aromatic rings. The number of carbonyl (C=O) groups is 1. The van der Waals surface area contributed by atoms with Crippen LogP contribution in [0.1, 0.15) is 0 Å². The molecule has 0 aliphatic carbocycles. The molecule has 3 N–H and O–H groups in total. The van der Waals surface area contributed by atoms with Gasteiger partial charge in [0, 0.05) is 37.2 Å². The Morgan fingerprint density at radius 2 is 0.800 bits per heavy atom. The first-order valence-corrected chi connectivity index (χ1v) is 8.40. The quantitative estimate of drug-likeness (QED) is 0.562. The zero-order valence-electron chi connectivity index (χ0n) is 13.1. The minimum atomic E-state index is -4.82. The molecule has 132 valence electrons. The maximum Gasteiger partial charge on any atom is 0.433 e. The molecule has 0 radical (unpaired) electrons. The first kappa shape index (κ1) is 22.1. The maximum absolute atomic E-state index is 9.43. The summed E-state index contributed by atoms with van der Waals surface area (Å²) < 4.78 is 9.43. The summed E-state index contributed by atoms with van der Waals surface area (Å²) in [5.41, 5.74) is -2.09. The highest BCUT2D eigenvalue weighted by molar-refractivity contribution is 7.69. The fraction of sp³-hybridized carbons (Fsp3) is 0. The van der Waals surface area contributed by atoms with Crippen molar-refractivity contribution >= 4 is 13.3 Å². The molecular weight excluding hydrogens is 345 g/mol. The van der Waals surface area contributed by atoms with Gasteiger partial charge in [-0.3, -0.25) is 15.0 Å². The van der Waals surface area contributed by atoms with Crippen molar-refractivity contribution in [1.82, 2.24) is 15.0 Å². The van der Waals surface area contributed by atoms with Gasteiger partial charge >= 0.3 is 13.3 Å². The van der Waals surface area contributed by atoms with Crippen LogP contribution in [-0.2, 0) is 4.57 Å². The van der Waals surface area contributed by atoms with Gasteiger partial charge in [0.2, 0.25) is 0 Å². The molecule has 0 spiro atoms. The number of nitrogens with zero attached hydrogens (tertiary/aromatic N) is 3. The highest BCUT2D eigenvalue weighted by Crippen LogP contribution is 2.34. The van der Waals surface area contributed by atoms with E-state index in [1.54, 1.807) is 37.2 Å². The van der Waals surface area contributed by atoms with Crippen LogP contribution in [0.15, 0.2) is 91.8 Å². The van der Waals surface area contributed by atoms with Gasteiger partial charge in [0.25, 0.3) is 0 Å². The molecular formula is C16H18N3O5P. The summed E-state index contributed by atoms with van der Waals surface area (Å²) in [7, 11) is -4.82. The average molecular weight is 363 g/mol. The molecule has 0 unspecified atom stereocenters. The van der Waals surface area contributed by atoms with Crippen LogP contribution in [0.4, 0.5) is 4.79 Å². The lowest BCUT2D eigenvalue weighted by molar-refractivity contribution is 0.208. The molecule has 0 aromatic carbocycles. The second kappa shape index (κ2) is 14.6. The predicted molar refractivity (Wildman–Crippen MR) is 92.8 cm³/mol. The van der Waals surface area contributed by atoms with Gasteiger partial charge in [-0.1, -0.05) is 18.2 Å². The number of hydrogen-bond acceptors (Lipinski definition) is 5. The Balaban J connectivity index is 0.000000307. The summed E-state index contributed by atoms with van der Waals surface area (Å²) in [5, 5.41) is 7.49. The number of pyridine rings is 3. The van der Waals surface area contributed by atoms with Crippen molar-refractivity contribution in [3.05, 3.63) is 91.8 Å². The van der Waals surface area contributed by atoms with Crippen LogP contribution in [0.3, 0.4) is 0 Å². The number of hydrogen-bond donors (Lipinski definition) is 3. The molecule has 3 aromatic heterocycles. The fourth-order valence-corrected chi connectivity index (χ4v) is 0.938. The smallest absolute Gasteiger partial charge is 0.433 e. The minimum absolute atomic E-state index is 1.75. The zero-order chi connectivity index (χ0) is 18.8. The summed E-state index contributed by atoms with van der Waals surface area (Å²) in [6.07, 6.45) is 10.5. The van der Waals surface area contributed by atoms with Crippen molar-refractivity contribution in [2.24, 2.45) is 0 Å². The molecule has 3 rings (SSSR count). The Labute approximate surface area is 145 Å². The van der Waals surface area contributed by atoms with E-state index in [0.29, 0.717) is 0 Å². The van der Waals surface area contributed by atoms with Crippen molar-refractivity contribution in [3.63, 3.8) is 0 Å². The van der Waals surface area contributed by atoms with Crippen LogP contribution >= 0.6 is 7.60 Å². The molecule has 0 fully saturated rings. The molecule has 3 heterocycles. The fourth-order valence-electron chi connectivity index (χ4n) is 0.938. The highest BCUT2D eigenvalue weighted by atomic mass is 31.2. The van der Waals surface area contributed by atoms with E-state index < -0.39 is 13.3 Å². The van der Waals surface area contributed by atoms with Gasteiger partial charge in [-0.05, 0) is 36.4 Å². The molecule has 8 nitrogen and oxygen atoms in total.